The molecule has 110 valence electrons. The zero-order chi connectivity index (χ0) is 15.2. The molecule has 21 heavy (non-hydrogen) atoms. The number of halogens is 2. The van der Waals surface area contributed by atoms with Gasteiger partial charge in [0.25, 0.3) is 0 Å². The summed E-state index contributed by atoms with van der Waals surface area (Å²) in [4.78, 5) is 11.7. The van der Waals surface area contributed by atoms with Crippen molar-refractivity contribution >= 4 is 21.9 Å². The summed E-state index contributed by atoms with van der Waals surface area (Å²) in [6.07, 6.45) is 0. The minimum Gasteiger partial charge on any atom is -0.490 e. The Morgan fingerprint density at radius 1 is 1.14 bits per heavy atom. The first-order chi connectivity index (χ1) is 10.1. The van der Waals surface area contributed by atoms with Crippen LogP contribution in [-0.2, 0) is 4.74 Å². The second-order valence-corrected chi connectivity index (χ2v) is 5.34. The van der Waals surface area contributed by atoms with E-state index in [0.29, 0.717) is 10.2 Å². The summed E-state index contributed by atoms with van der Waals surface area (Å²) < 4.78 is 24.5. The van der Waals surface area contributed by atoms with E-state index in [-0.39, 0.29) is 18.8 Å². The molecule has 0 radical (unpaired) electrons. The number of carbonyl (C=O) groups is 1. The van der Waals surface area contributed by atoms with E-state index in [4.69, 9.17) is 9.47 Å². The zero-order valence-electron chi connectivity index (χ0n) is 11.4. The molecule has 0 aromatic heterocycles. The van der Waals surface area contributed by atoms with Gasteiger partial charge in [0.1, 0.15) is 24.8 Å². The molecule has 0 amide bonds. The second-order valence-electron chi connectivity index (χ2n) is 4.42. The summed E-state index contributed by atoms with van der Waals surface area (Å²) in [5, 5.41) is 0. The number of ether oxygens (including phenoxy) is 2. The largest absolute Gasteiger partial charge is 0.490 e. The Hall–Kier alpha value is -1.88. The molecule has 2 aromatic carbocycles. The fraction of sp³-hybridized carbons (Fsp3) is 0.188. The highest BCUT2D eigenvalue weighted by Gasteiger charge is 2.13. The van der Waals surface area contributed by atoms with Gasteiger partial charge in [-0.15, -0.1) is 0 Å². The molecule has 0 atom stereocenters. The minimum absolute atomic E-state index is 0.0542. The maximum absolute atomic E-state index is 13.5. The molecule has 0 fully saturated rings. The van der Waals surface area contributed by atoms with Crippen molar-refractivity contribution < 1.29 is 18.7 Å². The number of benzene rings is 2. The van der Waals surface area contributed by atoms with Crippen molar-refractivity contribution in [2.45, 2.75) is 6.92 Å². The first kappa shape index (κ1) is 15.5. The van der Waals surface area contributed by atoms with Crippen LogP contribution in [0.3, 0.4) is 0 Å². The fourth-order valence-corrected chi connectivity index (χ4v) is 2.02. The van der Waals surface area contributed by atoms with Gasteiger partial charge in [-0.3, -0.25) is 0 Å². The first-order valence-electron chi connectivity index (χ1n) is 6.38. The van der Waals surface area contributed by atoms with Gasteiger partial charge in [-0.25, -0.2) is 9.18 Å². The van der Waals surface area contributed by atoms with Crippen LogP contribution >= 0.6 is 15.9 Å². The van der Waals surface area contributed by atoms with E-state index in [0.717, 1.165) is 5.56 Å². The molecule has 0 spiro atoms. The van der Waals surface area contributed by atoms with Crippen molar-refractivity contribution in [2.24, 2.45) is 0 Å². The van der Waals surface area contributed by atoms with Crippen molar-refractivity contribution in [1.29, 1.82) is 0 Å². The Morgan fingerprint density at radius 2 is 1.86 bits per heavy atom. The third-order valence-corrected chi connectivity index (χ3v) is 3.25. The number of esters is 1. The molecule has 0 aliphatic carbocycles. The highest BCUT2D eigenvalue weighted by atomic mass is 79.9. The lowest BCUT2D eigenvalue weighted by atomic mass is 10.2. The van der Waals surface area contributed by atoms with Crippen molar-refractivity contribution in [1.82, 2.24) is 0 Å². The molecule has 5 heteroatoms. The topological polar surface area (TPSA) is 35.5 Å². The lowest BCUT2D eigenvalue weighted by molar-refractivity contribution is 0.0445. The molecule has 0 saturated heterocycles. The van der Waals surface area contributed by atoms with Crippen LogP contribution in [0.5, 0.6) is 5.75 Å². The summed E-state index contributed by atoms with van der Waals surface area (Å²) >= 11 is 3.18. The minimum atomic E-state index is -0.707. The number of hydrogen-bond acceptors (Lipinski definition) is 3. The van der Waals surface area contributed by atoms with Gasteiger partial charge < -0.3 is 9.47 Å². The number of carbonyl (C=O) groups excluding carboxylic acids is 1. The summed E-state index contributed by atoms with van der Waals surface area (Å²) in [5.41, 5.74) is 1.04. The van der Waals surface area contributed by atoms with Gasteiger partial charge in [-0.1, -0.05) is 33.6 Å². The molecule has 3 nitrogen and oxygen atoms in total. The average molecular weight is 353 g/mol. The van der Waals surface area contributed by atoms with Crippen molar-refractivity contribution in [3.05, 3.63) is 63.9 Å². The zero-order valence-corrected chi connectivity index (χ0v) is 13.0. The molecular formula is C16H14BrFO3. The van der Waals surface area contributed by atoms with Gasteiger partial charge in [-0.05, 0) is 37.3 Å². The van der Waals surface area contributed by atoms with Crippen LogP contribution in [0, 0.1) is 12.7 Å². The third kappa shape index (κ3) is 4.56. The standard InChI is InChI=1S/C16H14BrFO3/c1-11-2-5-13(6-3-11)20-8-9-21-16(19)14-10-12(17)4-7-15(14)18/h2-7,10H,8-9H2,1H3. The Labute approximate surface area is 130 Å². The monoisotopic (exact) mass is 352 g/mol. The van der Waals surface area contributed by atoms with Crippen LogP contribution in [0.2, 0.25) is 0 Å². The summed E-state index contributed by atoms with van der Waals surface area (Å²) in [5.74, 6) is -0.616. The summed E-state index contributed by atoms with van der Waals surface area (Å²) in [7, 11) is 0. The van der Waals surface area contributed by atoms with E-state index in [9.17, 15) is 9.18 Å². The van der Waals surface area contributed by atoms with Crippen LogP contribution in [0.1, 0.15) is 15.9 Å². The van der Waals surface area contributed by atoms with E-state index in [1.807, 2.05) is 31.2 Å². The Morgan fingerprint density at radius 3 is 2.57 bits per heavy atom. The van der Waals surface area contributed by atoms with E-state index < -0.39 is 11.8 Å². The normalized spacial score (nSPS) is 10.2. The van der Waals surface area contributed by atoms with E-state index >= 15 is 0 Å². The molecule has 2 aromatic rings. The maximum atomic E-state index is 13.5. The van der Waals surface area contributed by atoms with Crippen LogP contribution in [0.25, 0.3) is 0 Å². The van der Waals surface area contributed by atoms with Crippen molar-refractivity contribution in [3.63, 3.8) is 0 Å². The Balaban J connectivity index is 1.81. The molecule has 0 heterocycles. The molecule has 2 rings (SSSR count). The number of hydrogen-bond donors (Lipinski definition) is 0. The van der Waals surface area contributed by atoms with Gasteiger partial charge in [0.05, 0.1) is 5.56 Å². The fourth-order valence-electron chi connectivity index (χ4n) is 1.66. The van der Waals surface area contributed by atoms with Gasteiger partial charge >= 0.3 is 5.97 Å². The molecule has 0 aliphatic rings. The lowest BCUT2D eigenvalue weighted by Gasteiger charge is -2.08. The molecule has 0 aliphatic heterocycles. The molecule has 0 bridgehead atoms. The van der Waals surface area contributed by atoms with E-state index in [1.165, 1.54) is 18.2 Å². The van der Waals surface area contributed by atoms with Crippen LogP contribution in [0.4, 0.5) is 4.39 Å². The maximum Gasteiger partial charge on any atom is 0.341 e. The van der Waals surface area contributed by atoms with Crippen LogP contribution < -0.4 is 4.74 Å². The smallest absolute Gasteiger partial charge is 0.341 e. The van der Waals surface area contributed by atoms with Gasteiger partial charge in [0.15, 0.2) is 0 Å². The predicted molar refractivity (Wildman–Crippen MR) is 81.1 cm³/mol. The van der Waals surface area contributed by atoms with Gasteiger partial charge in [-0.2, -0.15) is 0 Å². The summed E-state index contributed by atoms with van der Waals surface area (Å²) in [6, 6.07) is 11.7. The quantitative estimate of drug-likeness (QED) is 0.599. The molecular weight excluding hydrogens is 339 g/mol. The number of rotatable bonds is 5. The number of aryl methyl sites for hydroxylation is 1. The third-order valence-electron chi connectivity index (χ3n) is 2.75. The predicted octanol–water partition coefficient (Wildman–Crippen LogP) is 4.13. The lowest BCUT2D eigenvalue weighted by Crippen LogP contribution is -2.13. The van der Waals surface area contributed by atoms with Gasteiger partial charge in [0.2, 0.25) is 0 Å². The van der Waals surface area contributed by atoms with E-state index in [1.54, 1.807) is 0 Å². The van der Waals surface area contributed by atoms with E-state index in [2.05, 4.69) is 15.9 Å². The van der Waals surface area contributed by atoms with Crippen molar-refractivity contribution in [2.75, 3.05) is 13.2 Å². The molecule has 0 unspecified atom stereocenters. The highest BCUT2D eigenvalue weighted by molar-refractivity contribution is 9.10. The Kier molecular flexibility index (Phi) is 5.33. The molecule has 0 saturated carbocycles. The highest BCUT2D eigenvalue weighted by Crippen LogP contribution is 2.16. The van der Waals surface area contributed by atoms with Crippen molar-refractivity contribution in [3.8, 4) is 5.75 Å². The summed E-state index contributed by atoms with van der Waals surface area (Å²) in [6.45, 7) is 2.25. The second kappa shape index (κ2) is 7.22. The molecule has 0 N–H and O–H groups in total. The van der Waals surface area contributed by atoms with Gasteiger partial charge in [0, 0.05) is 4.47 Å². The van der Waals surface area contributed by atoms with Crippen LogP contribution in [0.15, 0.2) is 46.9 Å². The Bertz CT molecular complexity index is 626. The average Bonchev–Trinajstić information content (AvgIpc) is 2.47. The first-order valence-corrected chi connectivity index (χ1v) is 7.17. The van der Waals surface area contributed by atoms with Crippen LogP contribution in [-0.4, -0.2) is 19.2 Å². The SMILES string of the molecule is Cc1ccc(OCCOC(=O)c2cc(Br)ccc2F)cc1.